The third kappa shape index (κ3) is 3.18. The van der Waals surface area contributed by atoms with E-state index < -0.39 is 0 Å². The first-order valence-corrected chi connectivity index (χ1v) is 6.94. The summed E-state index contributed by atoms with van der Waals surface area (Å²) in [6.07, 6.45) is 3.69. The van der Waals surface area contributed by atoms with Gasteiger partial charge in [-0.3, -0.25) is 0 Å². The van der Waals surface area contributed by atoms with E-state index in [0.29, 0.717) is 15.7 Å². The molecule has 2 radical (unpaired) electrons. The first kappa shape index (κ1) is 12.8. The Morgan fingerprint density at radius 1 is 1.47 bits per heavy atom. The Labute approximate surface area is 113 Å². The molecule has 1 fully saturated rings. The Morgan fingerprint density at radius 2 is 2.18 bits per heavy atom. The van der Waals surface area contributed by atoms with Gasteiger partial charge in [-0.25, -0.2) is 0 Å². The summed E-state index contributed by atoms with van der Waals surface area (Å²) in [7, 11) is 5.84. The van der Waals surface area contributed by atoms with Crippen LogP contribution in [0.2, 0.25) is 0 Å². The number of rotatable bonds is 5. The minimum absolute atomic E-state index is 0.299. The van der Waals surface area contributed by atoms with Crippen LogP contribution in [-0.2, 0) is 0 Å². The highest BCUT2D eigenvalue weighted by molar-refractivity contribution is 9.10. The maximum Gasteiger partial charge on any atom is 0.153 e. The third-order valence-corrected chi connectivity index (χ3v) is 3.68. The van der Waals surface area contributed by atoms with Gasteiger partial charge in [-0.05, 0) is 47.2 Å². The van der Waals surface area contributed by atoms with E-state index in [1.807, 2.05) is 6.07 Å². The Kier molecular flexibility index (Phi) is 4.03. The van der Waals surface area contributed by atoms with Crippen molar-refractivity contribution >= 4 is 34.9 Å². The first-order valence-electron chi connectivity index (χ1n) is 6.14. The minimum atomic E-state index is 0.299. The van der Waals surface area contributed by atoms with Crippen LogP contribution in [0.15, 0.2) is 16.6 Å². The van der Waals surface area contributed by atoms with Gasteiger partial charge in [-0.1, -0.05) is 18.5 Å². The maximum absolute atomic E-state index is 10.1. The van der Waals surface area contributed by atoms with Gasteiger partial charge in [0, 0.05) is 13.1 Å². The standard InChI is InChI=1S/C13H17BBrNO/c1-2-5-16(8-9-3-4-9)12-7-10(14)6-11(15)13(12)17/h6-7,9,17H,2-5,8H2,1H3. The van der Waals surface area contributed by atoms with Crippen LogP contribution in [0, 0.1) is 5.92 Å². The van der Waals surface area contributed by atoms with Crippen molar-refractivity contribution in [1.29, 1.82) is 0 Å². The van der Waals surface area contributed by atoms with Crippen LogP contribution < -0.4 is 10.4 Å². The monoisotopic (exact) mass is 293 g/mol. The van der Waals surface area contributed by atoms with Crippen LogP contribution in [-0.4, -0.2) is 26.0 Å². The summed E-state index contributed by atoms with van der Waals surface area (Å²) in [5, 5.41) is 10.1. The molecule has 1 aliphatic rings. The van der Waals surface area contributed by atoms with E-state index in [4.69, 9.17) is 7.85 Å². The van der Waals surface area contributed by atoms with Crippen molar-refractivity contribution in [2.24, 2.45) is 5.92 Å². The SMILES string of the molecule is [B]c1cc(Br)c(O)c(N(CCC)CC2CC2)c1. The van der Waals surface area contributed by atoms with E-state index in [1.165, 1.54) is 12.8 Å². The van der Waals surface area contributed by atoms with Crippen LogP contribution in [0.25, 0.3) is 0 Å². The Hall–Kier alpha value is -0.635. The molecule has 0 bridgehead atoms. The number of hydrogen-bond acceptors (Lipinski definition) is 2. The lowest BCUT2D eigenvalue weighted by Crippen LogP contribution is -2.27. The molecule has 90 valence electrons. The fourth-order valence-electron chi connectivity index (χ4n) is 2.04. The highest BCUT2D eigenvalue weighted by Crippen LogP contribution is 2.37. The largest absolute Gasteiger partial charge is 0.505 e. The van der Waals surface area contributed by atoms with E-state index in [2.05, 4.69) is 27.8 Å². The zero-order chi connectivity index (χ0) is 12.4. The lowest BCUT2D eigenvalue weighted by Gasteiger charge is -2.26. The number of phenolic OH excluding ortho intramolecular Hbond substituents is 1. The smallest absolute Gasteiger partial charge is 0.153 e. The molecule has 1 saturated carbocycles. The van der Waals surface area contributed by atoms with Gasteiger partial charge >= 0.3 is 0 Å². The van der Waals surface area contributed by atoms with Gasteiger partial charge in [0.25, 0.3) is 0 Å². The van der Waals surface area contributed by atoms with Crippen molar-refractivity contribution in [3.63, 3.8) is 0 Å². The molecule has 1 aliphatic carbocycles. The second kappa shape index (κ2) is 5.34. The Balaban J connectivity index is 2.26. The number of hydrogen-bond donors (Lipinski definition) is 1. The molecule has 0 atom stereocenters. The fourth-order valence-corrected chi connectivity index (χ4v) is 2.51. The van der Waals surface area contributed by atoms with Crippen LogP contribution in [0.5, 0.6) is 5.75 Å². The van der Waals surface area contributed by atoms with E-state index in [-0.39, 0.29) is 0 Å². The van der Waals surface area contributed by atoms with Gasteiger partial charge in [0.2, 0.25) is 0 Å². The normalized spacial score (nSPS) is 14.9. The van der Waals surface area contributed by atoms with E-state index >= 15 is 0 Å². The van der Waals surface area contributed by atoms with E-state index in [0.717, 1.165) is 31.1 Å². The molecule has 2 nitrogen and oxygen atoms in total. The van der Waals surface area contributed by atoms with Crippen molar-refractivity contribution < 1.29 is 5.11 Å². The highest BCUT2D eigenvalue weighted by Gasteiger charge is 2.25. The Morgan fingerprint density at radius 3 is 2.76 bits per heavy atom. The van der Waals surface area contributed by atoms with Gasteiger partial charge in [0.1, 0.15) is 7.85 Å². The summed E-state index contributed by atoms with van der Waals surface area (Å²) in [6, 6.07) is 3.60. The van der Waals surface area contributed by atoms with E-state index in [9.17, 15) is 5.11 Å². The summed E-state index contributed by atoms with van der Waals surface area (Å²) in [5.41, 5.74) is 1.53. The van der Waals surface area contributed by atoms with Crippen LogP contribution in [0.1, 0.15) is 26.2 Å². The minimum Gasteiger partial charge on any atom is -0.505 e. The molecule has 0 heterocycles. The first-order chi connectivity index (χ1) is 8.11. The molecule has 0 amide bonds. The molecule has 1 aromatic rings. The fraction of sp³-hybridized carbons (Fsp3) is 0.538. The summed E-state index contributed by atoms with van der Waals surface area (Å²) in [6.45, 7) is 4.13. The topological polar surface area (TPSA) is 23.5 Å². The predicted molar refractivity (Wildman–Crippen MR) is 76.4 cm³/mol. The molecule has 4 heteroatoms. The molecule has 1 N–H and O–H groups in total. The summed E-state index contributed by atoms with van der Waals surface area (Å²) in [5.74, 6) is 1.09. The number of aromatic hydroxyl groups is 1. The van der Waals surface area contributed by atoms with Crippen molar-refractivity contribution in [2.45, 2.75) is 26.2 Å². The van der Waals surface area contributed by atoms with Crippen LogP contribution in [0.3, 0.4) is 0 Å². The number of phenols is 1. The van der Waals surface area contributed by atoms with Gasteiger partial charge in [-0.2, -0.15) is 0 Å². The van der Waals surface area contributed by atoms with Crippen molar-refractivity contribution in [1.82, 2.24) is 0 Å². The van der Waals surface area contributed by atoms with Crippen LogP contribution >= 0.6 is 15.9 Å². The average Bonchev–Trinajstić information content (AvgIpc) is 3.07. The average molecular weight is 294 g/mol. The third-order valence-electron chi connectivity index (χ3n) is 3.08. The van der Waals surface area contributed by atoms with E-state index in [1.54, 1.807) is 6.07 Å². The Bertz CT molecular complexity index is 407. The second-order valence-corrected chi connectivity index (χ2v) is 5.61. The zero-order valence-corrected chi connectivity index (χ0v) is 11.7. The molecule has 0 aromatic heterocycles. The summed E-state index contributed by atoms with van der Waals surface area (Å²) < 4.78 is 0.671. The molecule has 0 spiro atoms. The lowest BCUT2D eigenvalue weighted by atomic mass is 9.95. The zero-order valence-electron chi connectivity index (χ0n) is 10.1. The molecule has 0 saturated heterocycles. The molecule has 17 heavy (non-hydrogen) atoms. The lowest BCUT2D eigenvalue weighted by molar-refractivity contribution is 0.470. The molecular formula is C13H17BBrNO. The van der Waals surface area contributed by atoms with Gasteiger partial charge < -0.3 is 10.0 Å². The quantitative estimate of drug-likeness (QED) is 0.844. The van der Waals surface area contributed by atoms with Gasteiger partial charge in [-0.15, -0.1) is 0 Å². The molecule has 0 aliphatic heterocycles. The molecule has 0 unspecified atom stereocenters. The van der Waals surface area contributed by atoms with Crippen molar-refractivity contribution in [2.75, 3.05) is 18.0 Å². The maximum atomic E-state index is 10.1. The summed E-state index contributed by atoms with van der Waals surface area (Å²) in [4.78, 5) is 2.24. The van der Waals surface area contributed by atoms with Crippen molar-refractivity contribution in [3.05, 3.63) is 16.6 Å². The number of halogens is 1. The molecule has 1 aromatic carbocycles. The summed E-state index contributed by atoms with van der Waals surface area (Å²) >= 11 is 3.34. The number of anilines is 1. The number of benzene rings is 1. The molecular weight excluding hydrogens is 277 g/mol. The van der Waals surface area contributed by atoms with Gasteiger partial charge in [0.15, 0.2) is 5.75 Å². The van der Waals surface area contributed by atoms with Crippen molar-refractivity contribution in [3.8, 4) is 5.75 Å². The van der Waals surface area contributed by atoms with Crippen LogP contribution in [0.4, 0.5) is 5.69 Å². The second-order valence-electron chi connectivity index (χ2n) is 4.76. The highest BCUT2D eigenvalue weighted by atomic mass is 79.9. The number of nitrogens with zero attached hydrogens (tertiary/aromatic N) is 1. The van der Waals surface area contributed by atoms with Gasteiger partial charge in [0.05, 0.1) is 10.2 Å². The molecule has 2 rings (SSSR count). The predicted octanol–water partition coefficient (Wildman–Crippen LogP) is 2.57.